The predicted molar refractivity (Wildman–Crippen MR) is 124 cm³/mol. The Balaban J connectivity index is 1.27. The van der Waals surface area contributed by atoms with Crippen molar-refractivity contribution in [3.05, 3.63) is 59.2 Å². The Hall–Kier alpha value is -2.64. The molecule has 1 N–H and O–H groups in total. The lowest BCUT2D eigenvalue weighted by Gasteiger charge is -2.37. The predicted octanol–water partition coefficient (Wildman–Crippen LogP) is 3.73. The number of rotatable bonds is 6. The van der Waals surface area contributed by atoms with Gasteiger partial charge in [-0.1, -0.05) is 29.8 Å². The van der Waals surface area contributed by atoms with Crippen LogP contribution in [0.1, 0.15) is 48.5 Å². The van der Waals surface area contributed by atoms with E-state index in [9.17, 15) is 9.59 Å². The third-order valence-corrected chi connectivity index (χ3v) is 6.98. The van der Waals surface area contributed by atoms with Gasteiger partial charge in [0.15, 0.2) is 0 Å². The molecule has 0 bridgehead atoms. The molecule has 168 valence electrons. The Bertz CT molecular complexity index is 1060. The van der Waals surface area contributed by atoms with Crippen molar-refractivity contribution < 1.29 is 9.59 Å². The summed E-state index contributed by atoms with van der Waals surface area (Å²) in [5.41, 5.74) is 1.04. The average molecular weight is 454 g/mol. The fourth-order valence-electron chi connectivity index (χ4n) is 4.67. The molecule has 2 amide bonds. The summed E-state index contributed by atoms with van der Waals surface area (Å²) < 4.78 is 1.92. The first-order valence-electron chi connectivity index (χ1n) is 11.3. The van der Waals surface area contributed by atoms with E-state index >= 15 is 0 Å². The SMILES string of the molecule is C[C@H]1CN(C(=O)/C=C/[C@@H](C2CC2)N2CCC2)Cc2ncc(C(=O)Nc3ccccc3Cl)n21. The number of para-hydroxylation sites is 1. The van der Waals surface area contributed by atoms with Crippen LogP contribution in [0, 0.1) is 5.92 Å². The Morgan fingerprint density at radius 1 is 1.25 bits per heavy atom. The van der Waals surface area contributed by atoms with Crippen LogP contribution in [0.3, 0.4) is 0 Å². The first-order valence-corrected chi connectivity index (χ1v) is 11.7. The van der Waals surface area contributed by atoms with Gasteiger partial charge in [-0.3, -0.25) is 14.5 Å². The largest absolute Gasteiger partial charge is 0.330 e. The van der Waals surface area contributed by atoms with E-state index in [0.717, 1.165) is 18.9 Å². The van der Waals surface area contributed by atoms with Gasteiger partial charge in [0.25, 0.3) is 5.91 Å². The molecule has 1 saturated heterocycles. The van der Waals surface area contributed by atoms with Gasteiger partial charge in [-0.05, 0) is 57.3 Å². The topological polar surface area (TPSA) is 70.5 Å². The average Bonchev–Trinajstić information content (AvgIpc) is 3.49. The highest BCUT2D eigenvalue weighted by molar-refractivity contribution is 6.33. The van der Waals surface area contributed by atoms with Crippen LogP contribution in [-0.2, 0) is 11.3 Å². The lowest BCUT2D eigenvalue weighted by atomic mass is 10.0. The highest BCUT2D eigenvalue weighted by atomic mass is 35.5. The van der Waals surface area contributed by atoms with E-state index in [1.165, 1.54) is 19.3 Å². The number of anilines is 1. The van der Waals surface area contributed by atoms with Crippen molar-refractivity contribution in [2.75, 3.05) is 25.0 Å². The summed E-state index contributed by atoms with van der Waals surface area (Å²) in [5, 5.41) is 3.34. The van der Waals surface area contributed by atoms with Gasteiger partial charge >= 0.3 is 0 Å². The van der Waals surface area contributed by atoms with Crippen molar-refractivity contribution >= 4 is 29.1 Å². The molecule has 8 heteroatoms. The molecule has 1 saturated carbocycles. The van der Waals surface area contributed by atoms with Crippen molar-refractivity contribution in [2.45, 2.75) is 44.8 Å². The van der Waals surface area contributed by atoms with Gasteiger partial charge in [-0.15, -0.1) is 0 Å². The van der Waals surface area contributed by atoms with Crippen LogP contribution >= 0.6 is 11.6 Å². The Morgan fingerprint density at radius 2 is 2.03 bits per heavy atom. The van der Waals surface area contributed by atoms with Gasteiger partial charge in [0, 0.05) is 18.7 Å². The second-order valence-electron chi connectivity index (χ2n) is 9.01. The van der Waals surface area contributed by atoms with Gasteiger partial charge in [-0.2, -0.15) is 0 Å². The van der Waals surface area contributed by atoms with Crippen molar-refractivity contribution in [1.82, 2.24) is 19.4 Å². The fraction of sp³-hybridized carbons (Fsp3) is 0.458. The van der Waals surface area contributed by atoms with Gasteiger partial charge in [0.1, 0.15) is 11.5 Å². The van der Waals surface area contributed by atoms with Crippen molar-refractivity contribution in [2.24, 2.45) is 5.92 Å². The van der Waals surface area contributed by atoms with Gasteiger partial charge < -0.3 is 14.8 Å². The van der Waals surface area contributed by atoms with Gasteiger partial charge in [0.2, 0.25) is 5.91 Å². The van der Waals surface area contributed by atoms with Crippen LogP contribution in [0.4, 0.5) is 5.69 Å². The maximum Gasteiger partial charge on any atom is 0.273 e. The Labute approximate surface area is 193 Å². The van der Waals surface area contributed by atoms with Crippen LogP contribution in [0.5, 0.6) is 0 Å². The van der Waals surface area contributed by atoms with E-state index in [4.69, 9.17) is 11.6 Å². The quantitative estimate of drug-likeness (QED) is 0.676. The molecule has 5 rings (SSSR count). The normalized spacial score (nSPS) is 21.8. The number of fused-ring (bicyclic) bond motifs is 1. The van der Waals surface area contributed by atoms with E-state index in [-0.39, 0.29) is 17.9 Å². The molecular formula is C24H28ClN5O2. The van der Waals surface area contributed by atoms with Gasteiger partial charge in [-0.25, -0.2) is 4.98 Å². The summed E-state index contributed by atoms with van der Waals surface area (Å²) in [6.07, 6.45) is 9.21. The second kappa shape index (κ2) is 8.71. The summed E-state index contributed by atoms with van der Waals surface area (Å²) >= 11 is 6.17. The summed E-state index contributed by atoms with van der Waals surface area (Å²) in [7, 11) is 0. The number of nitrogens with zero attached hydrogens (tertiary/aromatic N) is 4. The van der Waals surface area contributed by atoms with E-state index < -0.39 is 0 Å². The number of likely N-dealkylation sites (tertiary alicyclic amines) is 1. The number of aromatic nitrogens is 2. The number of hydrogen-bond acceptors (Lipinski definition) is 4. The lowest BCUT2D eigenvalue weighted by molar-refractivity contribution is -0.128. The number of hydrogen-bond donors (Lipinski definition) is 1. The summed E-state index contributed by atoms with van der Waals surface area (Å²) in [4.78, 5) is 34.6. The maximum absolute atomic E-state index is 12.9. The molecule has 2 atom stereocenters. The molecule has 3 aliphatic rings. The van der Waals surface area contributed by atoms with Crippen LogP contribution in [0.15, 0.2) is 42.6 Å². The molecule has 32 heavy (non-hydrogen) atoms. The number of carbonyl (C=O) groups is 2. The number of amides is 2. The number of nitrogens with one attached hydrogen (secondary N) is 1. The second-order valence-corrected chi connectivity index (χ2v) is 9.42. The highest BCUT2D eigenvalue weighted by Crippen LogP contribution is 2.37. The smallest absolute Gasteiger partial charge is 0.273 e. The van der Waals surface area contributed by atoms with Crippen LogP contribution in [0.25, 0.3) is 0 Å². The zero-order chi connectivity index (χ0) is 22.2. The molecule has 0 radical (unpaired) electrons. The molecule has 1 aliphatic carbocycles. The molecular weight excluding hydrogens is 426 g/mol. The molecule has 0 spiro atoms. The van der Waals surface area contributed by atoms with Crippen LogP contribution in [0.2, 0.25) is 5.02 Å². The van der Waals surface area contributed by atoms with Crippen LogP contribution in [-0.4, -0.2) is 56.8 Å². The minimum atomic E-state index is -0.259. The molecule has 7 nitrogen and oxygen atoms in total. The molecule has 2 aliphatic heterocycles. The zero-order valence-corrected chi connectivity index (χ0v) is 19.0. The molecule has 2 aromatic rings. The molecule has 3 heterocycles. The number of halogens is 1. The third kappa shape index (κ3) is 4.19. The number of benzene rings is 1. The third-order valence-electron chi connectivity index (χ3n) is 6.65. The maximum atomic E-state index is 12.9. The monoisotopic (exact) mass is 453 g/mol. The van der Waals surface area contributed by atoms with Crippen LogP contribution < -0.4 is 5.32 Å². The lowest BCUT2D eigenvalue weighted by Crippen LogP contribution is -2.45. The van der Waals surface area contributed by atoms with E-state index in [1.54, 1.807) is 24.4 Å². The van der Waals surface area contributed by atoms with Crippen molar-refractivity contribution in [3.8, 4) is 0 Å². The molecule has 2 fully saturated rings. The minimum absolute atomic E-state index is 0.0133. The number of imidazole rings is 1. The molecule has 1 aromatic carbocycles. The number of carbonyl (C=O) groups excluding carboxylic acids is 2. The van der Waals surface area contributed by atoms with E-state index in [1.807, 2.05) is 28.5 Å². The molecule has 0 unspecified atom stereocenters. The fourth-order valence-corrected chi connectivity index (χ4v) is 4.85. The van der Waals surface area contributed by atoms with Crippen molar-refractivity contribution in [3.63, 3.8) is 0 Å². The van der Waals surface area contributed by atoms with Gasteiger partial charge in [0.05, 0.1) is 29.5 Å². The first-order chi connectivity index (χ1) is 15.5. The summed E-state index contributed by atoms with van der Waals surface area (Å²) in [6.45, 7) is 5.21. The molecule has 1 aromatic heterocycles. The van der Waals surface area contributed by atoms with E-state index in [0.29, 0.717) is 41.5 Å². The minimum Gasteiger partial charge on any atom is -0.330 e. The summed E-state index contributed by atoms with van der Waals surface area (Å²) in [5.74, 6) is 1.18. The van der Waals surface area contributed by atoms with Crippen molar-refractivity contribution in [1.29, 1.82) is 0 Å². The zero-order valence-electron chi connectivity index (χ0n) is 18.2. The van der Waals surface area contributed by atoms with E-state index in [2.05, 4.69) is 21.3 Å². The first kappa shape index (κ1) is 21.2. The standard InChI is InChI=1S/C24H28ClN5O2/c1-16-14-29(23(31)10-9-20(17-7-8-17)28-11-4-12-28)15-22-26-13-21(30(16)22)24(32)27-19-6-3-2-5-18(19)25/h2-3,5-6,9-10,13,16-17,20H,4,7-8,11-12,14-15H2,1H3,(H,27,32)/b10-9+/t16-,20-/m0/s1. The highest BCUT2D eigenvalue weighted by Gasteiger charge is 2.36. The summed E-state index contributed by atoms with van der Waals surface area (Å²) in [6, 6.07) is 7.48. The Morgan fingerprint density at radius 3 is 2.72 bits per heavy atom. The Kier molecular flexibility index (Phi) is 5.78.